The standard InChI is InChI=1S/C21H27N3O2/c1-3-23(2)20-18(12-9-14-22-20)19-13-7-8-15-24(19)21(25)26-16-17-10-5-4-6-11-17/h4-6,9-12,14,19H,3,7-8,13,15-16H2,1-2H3/t19-/m0/s1. The predicted molar refractivity (Wildman–Crippen MR) is 103 cm³/mol. The van der Waals surface area contributed by atoms with Crippen LogP contribution in [0.1, 0.15) is 43.4 Å². The van der Waals surface area contributed by atoms with Crippen LogP contribution in [0.3, 0.4) is 0 Å². The van der Waals surface area contributed by atoms with Gasteiger partial charge in [0.25, 0.3) is 0 Å². The first-order valence-electron chi connectivity index (χ1n) is 9.34. The molecule has 1 saturated heterocycles. The van der Waals surface area contributed by atoms with E-state index in [0.29, 0.717) is 6.61 Å². The van der Waals surface area contributed by atoms with Crippen molar-refractivity contribution in [1.29, 1.82) is 0 Å². The van der Waals surface area contributed by atoms with Gasteiger partial charge >= 0.3 is 6.09 Å². The minimum absolute atomic E-state index is 0.0183. The molecule has 0 unspecified atom stereocenters. The molecule has 1 aromatic heterocycles. The largest absolute Gasteiger partial charge is 0.445 e. The molecule has 0 aliphatic carbocycles. The molecule has 0 spiro atoms. The van der Waals surface area contributed by atoms with Crippen LogP contribution >= 0.6 is 0 Å². The number of ether oxygens (including phenoxy) is 1. The first kappa shape index (κ1) is 18.2. The molecule has 0 saturated carbocycles. The molecule has 1 fully saturated rings. The number of nitrogens with zero attached hydrogens (tertiary/aromatic N) is 3. The third-order valence-corrected chi connectivity index (χ3v) is 4.95. The molecule has 0 N–H and O–H groups in total. The Balaban J connectivity index is 1.77. The maximum absolute atomic E-state index is 12.8. The zero-order valence-corrected chi connectivity index (χ0v) is 15.6. The summed E-state index contributed by atoms with van der Waals surface area (Å²) in [5.41, 5.74) is 2.11. The molecule has 5 nitrogen and oxygen atoms in total. The van der Waals surface area contributed by atoms with Gasteiger partial charge in [-0.15, -0.1) is 0 Å². The van der Waals surface area contributed by atoms with Gasteiger partial charge in [0, 0.05) is 31.9 Å². The molecule has 1 aliphatic rings. The summed E-state index contributed by atoms with van der Waals surface area (Å²) in [6.45, 7) is 4.00. The number of piperidine rings is 1. The Morgan fingerprint density at radius 1 is 1.23 bits per heavy atom. The van der Waals surface area contributed by atoms with Gasteiger partial charge in [-0.3, -0.25) is 0 Å². The van der Waals surface area contributed by atoms with Gasteiger partial charge < -0.3 is 14.5 Å². The number of pyridine rings is 1. The Hall–Kier alpha value is -2.56. The van der Waals surface area contributed by atoms with Gasteiger partial charge in [-0.25, -0.2) is 9.78 Å². The van der Waals surface area contributed by atoms with Crippen LogP contribution < -0.4 is 4.90 Å². The summed E-state index contributed by atoms with van der Waals surface area (Å²) in [5, 5.41) is 0. The van der Waals surface area contributed by atoms with E-state index in [1.807, 2.05) is 54.5 Å². The molecule has 2 heterocycles. The van der Waals surface area contributed by atoms with Crippen molar-refractivity contribution >= 4 is 11.9 Å². The van der Waals surface area contributed by atoms with Crippen LogP contribution in [0.4, 0.5) is 10.6 Å². The van der Waals surface area contributed by atoms with Crippen LogP contribution in [0.5, 0.6) is 0 Å². The average Bonchev–Trinajstić information content (AvgIpc) is 2.72. The maximum Gasteiger partial charge on any atom is 0.410 e. The van der Waals surface area contributed by atoms with Crippen LogP contribution in [0.25, 0.3) is 0 Å². The van der Waals surface area contributed by atoms with Crippen molar-refractivity contribution in [2.45, 2.75) is 38.8 Å². The molecule has 1 aromatic carbocycles. The summed E-state index contributed by atoms with van der Waals surface area (Å²) >= 11 is 0. The van der Waals surface area contributed by atoms with Crippen molar-refractivity contribution in [1.82, 2.24) is 9.88 Å². The maximum atomic E-state index is 12.8. The number of benzene rings is 1. The highest BCUT2D eigenvalue weighted by atomic mass is 16.6. The fourth-order valence-corrected chi connectivity index (χ4v) is 3.41. The van der Waals surface area contributed by atoms with E-state index < -0.39 is 0 Å². The van der Waals surface area contributed by atoms with E-state index in [-0.39, 0.29) is 12.1 Å². The number of carbonyl (C=O) groups is 1. The molecular weight excluding hydrogens is 326 g/mol. The highest BCUT2D eigenvalue weighted by molar-refractivity contribution is 5.69. The lowest BCUT2D eigenvalue weighted by Crippen LogP contribution is -2.39. The fraction of sp³-hybridized carbons (Fsp3) is 0.429. The molecule has 1 atom stereocenters. The first-order valence-corrected chi connectivity index (χ1v) is 9.34. The van der Waals surface area contributed by atoms with Crippen molar-refractivity contribution in [2.24, 2.45) is 0 Å². The van der Waals surface area contributed by atoms with E-state index >= 15 is 0 Å². The topological polar surface area (TPSA) is 45.7 Å². The number of likely N-dealkylation sites (tertiary alicyclic amines) is 1. The number of amides is 1. The Bertz CT molecular complexity index is 720. The first-order chi connectivity index (χ1) is 12.7. The van der Waals surface area contributed by atoms with Gasteiger partial charge in [0.1, 0.15) is 12.4 Å². The Morgan fingerprint density at radius 3 is 2.81 bits per heavy atom. The zero-order chi connectivity index (χ0) is 18.4. The number of hydrogen-bond acceptors (Lipinski definition) is 4. The molecule has 3 rings (SSSR count). The number of anilines is 1. The fourth-order valence-electron chi connectivity index (χ4n) is 3.41. The zero-order valence-electron chi connectivity index (χ0n) is 15.6. The Morgan fingerprint density at radius 2 is 2.04 bits per heavy atom. The summed E-state index contributed by atoms with van der Waals surface area (Å²) in [5.74, 6) is 0.947. The van der Waals surface area contributed by atoms with Gasteiger partial charge in [0.2, 0.25) is 0 Å². The van der Waals surface area contributed by atoms with Crippen LogP contribution in [0.15, 0.2) is 48.7 Å². The van der Waals surface area contributed by atoms with Gasteiger partial charge in [0.05, 0.1) is 6.04 Å². The minimum atomic E-state index is -0.243. The van der Waals surface area contributed by atoms with Crippen molar-refractivity contribution < 1.29 is 9.53 Å². The lowest BCUT2D eigenvalue weighted by atomic mass is 9.95. The summed E-state index contributed by atoms with van der Waals surface area (Å²) in [6.07, 6.45) is 4.63. The molecule has 1 aliphatic heterocycles. The van der Waals surface area contributed by atoms with Crippen LogP contribution in [-0.2, 0) is 11.3 Å². The lowest BCUT2D eigenvalue weighted by molar-refractivity contribution is 0.0679. The molecular formula is C21H27N3O2. The predicted octanol–water partition coefficient (Wildman–Crippen LogP) is 4.40. The molecule has 138 valence electrons. The van der Waals surface area contributed by atoms with Gasteiger partial charge in [0.15, 0.2) is 0 Å². The molecule has 1 amide bonds. The molecule has 2 aromatic rings. The molecule has 5 heteroatoms. The van der Waals surface area contributed by atoms with Gasteiger partial charge in [-0.05, 0) is 37.8 Å². The second-order valence-electron chi connectivity index (χ2n) is 6.68. The van der Waals surface area contributed by atoms with E-state index in [1.165, 1.54) is 0 Å². The number of rotatable bonds is 5. The smallest absolute Gasteiger partial charge is 0.410 e. The second kappa shape index (κ2) is 8.70. The molecule has 0 bridgehead atoms. The Kier molecular flexibility index (Phi) is 6.10. The highest BCUT2D eigenvalue weighted by Crippen LogP contribution is 2.35. The number of hydrogen-bond donors (Lipinski definition) is 0. The van der Waals surface area contributed by atoms with E-state index in [2.05, 4.69) is 22.9 Å². The Labute approximate surface area is 155 Å². The highest BCUT2D eigenvalue weighted by Gasteiger charge is 2.31. The quantitative estimate of drug-likeness (QED) is 0.799. The van der Waals surface area contributed by atoms with Crippen molar-refractivity contribution in [3.63, 3.8) is 0 Å². The van der Waals surface area contributed by atoms with Gasteiger partial charge in [-0.2, -0.15) is 0 Å². The summed E-state index contributed by atoms with van der Waals surface area (Å²) in [4.78, 5) is 21.3. The van der Waals surface area contributed by atoms with Crippen molar-refractivity contribution in [3.8, 4) is 0 Å². The molecule has 0 radical (unpaired) electrons. The van der Waals surface area contributed by atoms with E-state index in [1.54, 1.807) is 0 Å². The van der Waals surface area contributed by atoms with Crippen molar-refractivity contribution in [2.75, 3.05) is 25.0 Å². The van der Waals surface area contributed by atoms with E-state index in [9.17, 15) is 4.79 Å². The van der Waals surface area contributed by atoms with E-state index in [0.717, 1.165) is 49.3 Å². The number of aromatic nitrogens is 1. The third-order valence-electron chi connectivity index (χ3n) is 4.95. The third kappa shape index (κ3) is 4.15. The second-order valence-corrected chi connectivity index (χ2v) is 6.68. The van der Waals surface area contributed by atoms with Crippen LogP contribution in [0.2, 0.25) is 0 Å². The van der Waals surface area contributed by atoms with Gasteiger partial charge in [-0.1, -0.05) is 36.4 Å². The summed E-state index contributed by atoms with van der Waals surface area (Å²) in [7, 11) is 2.03. The number of carbonyl (C=O) groups excluding carboxylic acids is 1. The average molecular weight is 353 g/mol. The van der Waals surface area contributed by atoms with E-state index in [4.69, 9.17) is 4.74 Å². The summed E-state index contributed by atoms with van der Waals surface area (Å²) in [6, 6.07) is 13.9. The molecule has 26 heavy (non-hydrogen) atoms. The normalized spacial score (nSPS) is 17.0. The van der Waals surface area contributed by atoms with Crippen LogP contribution in [0, 0.1) is 0 Å². The monoisotopic (exact) mass is 353 g/mol. The summed E-state index contributed by atoms with van der Waals surface area (Å²) < 4.78 is 5.60. The van der Waals surface area contributed by atoms with Crippen LogP contribution in [-0.4, -0.2) is 36.1 Å². The SMILES string of the molecule is CCN(C)c1ncccc1[C@@H]1CCCCN1C(=O)OCc1ccccc1. The van der Waals surface area contributed by atoms with Crippen molar-refractivity contribution in [3.05, 3.63) is 59.8 Å². The minimum Gasteiger partial charge on any atom is -0.445 e. The lowest BCUT2D eigenvalue weighted by Gasteiger charge is -2.36.